The normalized spacial score (nSPS) is 10.0. The van der Waals surface area contributed by atoms with E-state index in [1.54, 1.807) is 0 Å². The van der Waals surface area contributed by atoms with Gasteiger partial charge in [-0.1, -0.05) is 0 Å². The summed E-state index contributed by atoms with van der Waals surface area (Å²) in [6.45, 7) is 0.771. The molecule has 0 unspecified atom stereocenters. The van der Waals surface area contributed by atoms with Crippen LogP contribution in [0.5, 0.6) is 0 Å². The molecule has 0 fully saturated rings. The number of hydroxylamine groups is 3. The van der Waals surface area contributed by atoms with Crippen molar-refractivity contribution in [3.63, 3.8) is 0 Å². The van der Waals surface area contributed by atoms with Crippen LogP contribution >= 0.6 is 0 Å². The van der Waals surface area contributed by atoms with Crippen molar-refractivity contribution in [2.45, 2.75) is 6.92 Å². The minimum atomic E-state index is -2.83. The third-order valence-electron chi connectivity index (χ3n) is 0.410. The zero-order chi connectivity index (χ0) is 6.08. The van der Waals surface area contributed by atoms with Crippen molar-refractivity contribution >= 4 is 24.8 Å². The van der Waals surface area contributed by atoms with Gasteiger partial charge in [0.25, 0.3) is 0 Å². The van der Waals surface area contributed by atoms with Gasteiger partial charge in [0, 0.05) is 0 Å². The second-order valence-corrected chi connectivity index (χ2v) is 1.06. The summed E-state index contributed by atoms with van der Waals surface area (Å²) in [6, 6.07) is 0. The van der Waals surface area contributed by atoms with Crippen LogP contribution in [0.15, 0.2) is 0 Å². The molecular formula is C2H6LiNO4. The van der Waals surface area contributed by atoms with Crippen LogP contribution in [0.3, 0.4) is 0 Å². The van der Waals surface area contributed by atoms with Crippen molar-refractivity contribution in [2.75, 3.05) is 0 Å². The van der Waals surface area contributed by atoms with E-state index in [0.29, 0.717) is 0 Å². The first-order valence-electron chi connectivity index (χ1n) is 1.51. The summed E-state index contributed by atoms with van der Waals surface area (Å²) in [5.74, 6) is -1.26. The quantitative estimate of drug-likeness (QED) is 0.183. The maximum absolute atomic E-state index is 9.62. The monoisotopic (exact) mass is 115 g/mol. The molecular weight excluding hydrogens is 109 g/mol. The van der Waals surface area contributed by atoms with E-state index in [-0.39, 0.29) is 18.9 Å². The molecule has 0 bridgehead atoms. The third-order valence-corrected chi connectivity index (χ3v) is 0.410. The van der Waals surface area contributed by atoms with Gasteiger partial charge in [-0.05, 0) is 4.97 Å². The van der Waals surface area contributed by atoms with Crippen molar-refractivity contribution < 1.29 is 20.2 Å². The van der Waals surface area contributed by atoms with Gasteiger partial charge >= 0.3 is 24.8 Å². The van der Waals surface area contributed by atoms with E-state index >= 15 is 0 Å². The third kappa shape index (κ3) is 4.27. The predicted octanol–water partition coefficient (Wildman–Crippen LogP) is -1.02. The molecule has 0 aliphatic carbocycles. The fourth-order valence-corrected chi connectivity index (χ4v) is 0. The molecule has 0 radical (unpaired) electrons. The van der Waals surface area contributed by atoms with Crippen molar-refractivity contribution in [3.05, 3.63) is 5.21 Å². The van der Waals surface area contributed by atoms with Crippen molar-refractivity contribution in [3.8, 4) is 0 Å². The number of carbonyl (C=O) groups is 1. The van der Waals surface area contributed by atoms with Gasteiger partial charge in [-0.2, -0.15) is 10.4 Å². The fraction of sp³-hybridized carbons (Fsp3) is 0.500. The Morgan fingerprint density at radius 3 is 1.75 bits per heavy atom. The van der Waals surface area contributed by atoms with Gasteiger partial charge in [0.05, 0.1) is 6.92 Å². The molecule has 0 aromatic rings. The SMILES string of the molecule is CC(=O)[N+]([O-])(O)O.[LiH]. The van der Waals surface area contributed by atoms with Crippen LogP contribution in [0.1, 0.15) is 6.92 Å². The average molecular weight is 115 g/mol. The predicted molar refractivity (Wildman–Crippen MR) is 25.0 cm³/mol. The molecule has 8 heavy (non-hydrogen) atoms. The zero-order valence-corrected chi connectivity index (χ0v) is 3.66. The van der Waals surface area contributed by atoms with Gasteiger partial charge in [-0.3, -0.25) is 0 Å². The van der Waals surface area contributed by atoms with Crippen LogP contribution in [0.25, 0.3) is 0 Å². The van der Waals surface area contributed by atoms with Crippen molar-refractivity contribution in [2.24, 2.45) is 0 Å². The summed E-state index contributed by atoms with van der Waals surface area (Å²) in [7, 11) is 0. The molecule has 0 aromatic carbocycles. The Hall–Kier alpha value is 0.107. The average Bonchev–Trinajstić information content (AvgIpc) is 1.31. The molecule has 0 rings (SSSR count). The molecule has 0 aliphatic rings. The van der Waals surface area contributed by atoms with Crippen molar-refractivity contribution in [1.29, 1.82) is 0 Å². The molecule has 5 nitrogen and oxygen atoms in total. The van der Waals surface area contributed by atoms with Gasteiger partial charge in [0.2, 0.25) is 0 Å². The van der Waals surface area contributed by atoms with Gasteiger partial charge in [0.15, 0.2) is 0 Å². The van der Waals surface area contributed by atoms with E-state index in [4.69, 9.17) is 10.4 Å². The molecule has 0 aromatic heterocycles. The van der Waals surface area contributed by atoms with E-state index in [2.05, 4.69) is 0 Å². The first-order chi connectivity index (χ1) is 2.94. The van der Waals surface area contributed by atoms with E-state index in [1.165, 1.54) is 0 Å². The number of hydrogen-bond donors (Lipinski definition) is 2. The van der Waals surface area contributed by atoms with Crippen LogP contribution in [-0.4, -0.2) is 40.2 Å². The number of quaternary nitrogens is 1. The van der Waals surface area contributed by atoms with Gasteiger partial charge in [-0.25, -0.2) is 4.79 Å². The molecule has 2 N–H and O–H groups in total. The van der Waals surface area contributed by atoms with E-state index in [0.717, 1.165) is 6.92 Å². The second-order valence-electron chi connectivity index (χ2n) is 1.06. The Morgan fingerprint density at radius 2 is 1.75 bits per heavy atom. The van der Waals surface area contributed by atoms with E-state index in [9.17, 15) is 10.0 Å². The number of carbonyl (C=O) groups excluding carboxylic acids is 1. The summed E-state index contributed by atoms with van der Waals surface area (Å²) >= 11 is 0. The summed E-state index contributed by atoms with van der Waals surface area (Å²) in [6.07, 6.45) is 0. The molecule has 0 heterocycles. The van der Waals surface area contributed by atoms with Gasteiger partial charge in [-0.15, -0.1) is 0 Å². The Balaban J connectivity index is 0. The number of rotatable bonds is 0. The number of amides is 1. The fourth-order valence-electron chi connectivity index (χ4n) is 0. The second kappa shape index (κ2) is 3.20. The number of nitrogens with zero attached hydrogens (tertiary/aromatic N) is 1. The standard InChI is InChI=1S/C2H5NO4.Li.H/c1-2(4)3(5,6)7;;/h5-6H,1H3;;. The Kier molecular flexibility index (Phi) is 4.39. The van der Waals surface area contributed by atoms with E-state index < -0.39 is 10.9 Å². The van der Waals surface area contributed by atoms with Crippen LogP contribution < -0.4 is 0 Å². The molecule has 0 aliphatic heterocycles. The molecule has 0 spiro atoms. The Bertz CT molecular complexity index is 86.5. The van der Waals surface area contributed by atoms with E-state index in [1.807, 2.05) is 0 Å². The van der Waals surface area contributed by atoms with Crippen LogP contribution in [0, 0.1) is 5.21 Å². The molecule has 0 saturated heterocycles. The summed E-state index contributed by atoms with van der Waals surface area (Å²) in [5.41, 5.74) is 0. The first kappa shape index (κ1) is 11.0. The number of hydrogen-bond acceptors (Lipinski definition) is 4. The topological polar surface area (TPSA) is 80.6 Å². The van der Waals surface area contributed by atoms with Gasteiger partial charge < -0.3 is 5.21 Å². The van der Waals surface area contributed by atoms with Crippen LogP contribution in [0.4, 0.5) is 0 Å². The Morgan fingerprint density at radius 1 is 1.62 bits per heavy atom. The summed E-state index contributed by atoms with van der Waals surface area (Å²) in [4.78, 5) is 6.79. The minimum absolute atomic E-state index is 0. The maximum atomic E-state index is 9.62. The molecule has 1 amide bonds. The molecule has 0 saturated carbocycles. The first-order valence-corrected chi connectivity index (χ1v) is 1.51. The molecule has 0 atom stereocenters. The summed E-state index contributed by atoms with van der Waals surface area (Å²) in [5, 5.41) is 24.9. The zero-order valence-electron chi connectivity index (χ0n) is 3.66. The van der Waals surface area contributed by atoms with Crippen LogP contribution in [0.2, 0.25) is 0 Å². The van der Waals surface area contributed by atoms with Crippen LogP contribution in [-0.2, 0) is 4.79 Å². The van der Waals surface area contributed by atoms with Gasteiger partial charge in [0.1, 0.15) is 0 Å². The summed E-state index contributed by atoms with van der Waals surface area (Å²) < 4.78 is 0. The Labute approximate surface area is 57.8 Å². The molecule has 44 valence electrons. The van der Waals surface area contributed by atoms with Crippen molar-refractivity contribution in [1.82, 2.24) is 0 Å². The molecule has 6 heteroatoms.